The topological polar surface area (TPSA) is 104 Å². The Hall–Kier alpha value is -3.11. The summed E-state index contributed by atoms with van der Waals surface area (Å²) in [6, 6.07) is 10.6. The van der Waals surface area contributed by atoms with Crippen LogP contribution in [-0.2, 0) is 32.1 Å². The first-order valence-electron chi connectivity index (χ1n) is 10.9. The number of thioether (sulfide) groups is 1. The van der Waals surface area contributed by atoms with Gasteiger partial charge < -0.3 is 28.9 Å². The van der Waals surface area contributed by atoms with Gasteiger partial charge in [0.25, 0.3) is 0 Å². The summed E-state index contributed by atoms with van der Waals surface area (Å²) in [6.07, 6.45) is 1.06. The average molecular weight is 508 g/mol. The van der Waals surface area contributed by atoms with E-state index in [1.54, 1.807) is 58.2 Å². The van der Waals surface area contributed by atoms with Crippen LogP contribution in [0.4, 0.5) is 4.79 Å². The van der Waals surface area contributed by atoms with E-state index in [0.717, 1.165) is 5.56 Å². The average Bonchev–Trinajstić information content (AvgIpc) is 2.80. The highest BCUT2D eigenvalue weighted by Gasteiger charge is 2.32. The SMILES string of the molecule is COc1ccc(COC(=O)[C@@H](Cc2ccc(O)cc2)N(CSC)OC(=O)OC(C)(C)C)c(OC)c1. The third-order valence-electron chi connectivity index (χ3n) is 4.69. The number of methoxy groups -OCH3 is 2. The Kier molecular flexibility index (Phi) is 10.5. The Morgan fingerprint density at radius 2 is 1.74 bits per heavy atom. The molecule has 0 amide bonds. The molecule has 192 valence electrons. The van der Waals surface area contributed by atoms with Gasteiger partial charge in [-0.2, -0.15) is 0 Å². The van der Waals surface area contributed by atoms with E-state index >= 15 is 0 Å². The van der Waals surface area contributed by atoms with E-state index < -0.39 is 23.8 Å². The van der Waals surface area contributed by atoms with E-state index in [4.69, 9.17) is 23.8 Å². The van der Waals surface area contributed by atoms with Gasteiger partial charge in [0.15, 0.2) is 0 Å². The van der Waals surface area contributed by atoms with Crippen molar-refractivity contribution in [2.45, 2.75) is 45.4 Å². The zero-order chi connectivity index (χ0) is 26.0. The Morgan fingerprint density at radius 1 is 1.06 bits per heavy atom. The molecule has 0 spiro atoms. The van der Waals surface area contributed by atoms with E-state index in [0.29, 0.717) is 17.1 Å². The van der Waals surface area contributed by atoms with Crippen molar-refractivity contribution in [2.24, 2.45) is 0 Å². The second kappa shape index (κ2) is 13.1. The molecule has 1 N–H and O–H groups in total. The molecule has 2 rings (SSSR count). The van der Waals surface area contributed by atoms with E-state index in [-0.39, 0.29) is 24.7 Å². The van der Waals surface area contributed by atoms with E-state index in [1.807, 2.05) is 6.26 Å². The number of phenolic OH excluding ortho intramolecular Hbond substituents is 1. The van der Waals surface area contributed by atoms with Gasteiger partial charge in [0.1, 0.15) is 35.5 Å². The number of aromatic hydroxyl groups is 1. The Bertz CT molecular complexity index is 974. The lowest BCUT2D eigenvalue weighted by molar-refractivity contribution is -0.182. The second-order valence-electron chi connectivity index (χ2n) is 8.56. The highest BCUT2D eigenvalue weighted by molar-refractivity contribution is 7.98. The first-order valence-corrected chi connectivity index (χ1v) is 12.3. The van der Waals surface area contributed by atoms with Crippen molar-refractivity contribution in [3.05, 3.63) is 53.6 Å². The number of ether oxygens (including phenoxy) is 4. The number of carbonyl (C=O) groups excluding carboxylic acids is 2. The van der Waals surface area contributed by atoms with Gasteiger partial charge in [-0.25, -0.2) is 4.79 Å². The summed E-state index contributed by atoms with van der Waals surface area (Å²) in [5.74, 6) is 0.819. The second-order valence-corrected chi connectivity index (χ2v) is 9.40. The Balaban J connectivity index is 2.26. The maximum atomic E-state index is 13.3. The molecule has 10 heteroatoms. The van der Waals surface area contributed by atoms with Crippen LogP contribution in [0.2, 0.25) is 0 Å². The summed E-state index contributed by atoms with van der Waals surface area (Å²) in [4.78, 5) is 31.1. The summed E-state index contributed by atoms with van der Waals surface area (Å²) < 4.78 is 21.5. The molecule has 0 radical (unpaired) electrons. The van der Waals surface area contributed by atoms with Crippen molar-refractivity contribution < 1.29 is 38.5 Å². The first-order chi connectivity index (χ1) is 16.6. The van der Waals surface area contributed by atoms with Crippen LogP contribution in [0.5, 0.6) is 17.2 Å². The molecule has 1 atom stereocenters. The zero-order valence-corrected chi connectivity index (χ0v) is 21.7. The molecule has 0 unspecified atom stereocenters. The van der Waals surface area contributed by atoms with Crippen LogP contribution in [0.1, 0.15) is 31.9 Å². The molecular formula is C25H33NO8S. The minimum Gasteiger partial charge on any atom is -0.508 e. The van der Waals surface area contributed by atoms with Gasteiger partial charge in [0.2, 0.25) is 0 Å². The van der Waals surface area contributed by atoms with Gasteiger partial charge in [-0.1, -0.05) is 12.1 Å². The van der Waals surface area contributed by atoms with Gasteiger partial charge in [-0.05, 0) is 56.9 Å². The normalized spacial score (nSPS) is 12.1. The molecule has 0 aliphatic carbocycles. The quantitative estimate of drug-likeness (QED) is 0.265. The van der Waals surface area contributed by atoms with Gasteiger partial charge in [-0.15, -0.1) is 16.8 Å². The molecule has 0 saturated heterocycles. The summed E-state index contributed by atoms with van der Waals surface area (Å²) in [5.41, 5.74) is 0.625. The van der Waals surface area contributed by atoms with Gasteiger partial charge in [0, 0.05) is 18.1 Å². The van der Waals surface area contributed by atoms with Crippen molar-refractivity contribution in [1.29, 1.82) is 0 Å². The van der Waals surface area contributed by atoms with Gasteiger partial charge >= 0.3 is 12.1 Å². The predicted octanol–water partition coefficient (Wildman–Crippen LogP) is 4.55. The number of carbonyl (C=O) groups is 2. The number of esters is 1. The van der Waals surface area contributed by atoms with Gasteiger partial charge in [0.05, 0.1) is 20.1 Å². The zero-order valence-electron chi connectivity index (χ0n) is 20.9. The van der Waals surface area contributed by atoms with Crippen LogP contribution < -0.4 is 9.47 Å². The van der Waals surface area contributed by atoms with Crippen molar-refractivity contribution in [3.63, 3.8) is 0 Å². The molecule has 0 heterocycles. The minimum atomic E-state index is -0.969. The van der Waals surface area contributed by atoms with Gasteiger partial charge in [-0.3, -0.25) is 4.79 Å². The molecule has 0 aliphatic rings. The number of hydrogen-bond donors (Lipinski definition) is 1. The Morgan fingerprint density at radius 3 is 2.31 bits per heavy atom. The number of nitrogens with zero attached hydrogens (tertiary/aromatic N) is 1. The highest BCUT2D eigenvalue weighted by Crippen LogP contribution is 2.26. The third kappa shape index (κ3) is 9.22. The van der Waals surface area contributed by atoms with Crippen molar-refractivity contribution in [1.82, 2.24) is 5.06 Å². The van der Waals surface area contributed by atoms with E-state index in [1.165, 1.54) is 36.1 Å². The number of hydrogen-bond acceptors (Lipinski definition) is 10. The smallest absolute Gasteiger partial charge is 0.508 e. The maximum absolute atomic E-state index is 13.3. The summed E-state index contributed by atoms with van der Waals surface area (Å²) >= 11 is 1.36. The molecule has 0 saturated carbocycles. The molecule has 0 bridgehead atoms. The predicted molar refractivity (Wildman–Crippen MR) is 132 cm³/mol. The number of phenols is 1. The molecule has 35 heavy (non-hydrogen) atoms. The summed E-state index contributed by atoms with van der Waals surface area (Å²) in [6.45, 7) is 5.10. The van der Waals surface area contributed by atoms with Crippen molar-refractivity contribution in [3.8, 4) is 17.2 Å². The fourth-order valence-electron chi connectivity index (χ4n) is 3.05. The molecule has 0 aromatic heterocycles. The highest BCUT2D eigenvalue weighted by atomic mass is 32.2. The standard InChI is InChI=1S/C25H33NO8S/c1-25(2,3)33-24(29)34-26(16-35-6)21(13-17-7-10-19(27)11-8-17)23(28)32-15-18-9-12-20(30-4)14-22(18)31-5/h7-12,14,21,27H,13,15-16H2,1-6H3/t21-/m1/s1. The Labute approximate surface area is 210 Å². The summed E-state index contributed by atoms with van der Waals surface area (Å²) in [7, 11) is 3.07. The third-order valence-corrected chi connectivity index (χ3v) is 5.20. The van der Waals surface area contributed by atoms with E-state index in [9.17, 15) is 14.7 Å². The molecule has 2 aromatic carbocycles. The van der Waals surface area contributed by atoms with Crippen LogP contribution in [0.25, 0.3) is 0 Å². The van der Waals surface area contributed by atoms with Crippen LogP contribution >= 0.6 is 11.8 Å². The number of rotatable bonds is 11. The fraction of sp³-hybridized carbons (Fsp3) is 0.440. The van der Waals surface area contributed by atoms with Crippen LogP contribution in [0.15, 0.2) is 42.5 Å². The van der Waals surface area contributed by atoms with Crippen molar-refractivity contribution >= 4 is 23.9 Å². The summed E-state index contributed by atoms with van der Waals surface area (Å²) in [5, 5.41) is 10.9. The van der Waals surface area contributed by atoms with Crippen LogP contribution in [0, 0.1) is 0 Å². The lowest BCUT2D eigenvalue weighted by Crippen LogP contribution is -2.45. The fourth-order valence-corrected chi connectivity index (χ4v) is 3.53. The monoisotopic (exact) mass is 507 g/mol. The molecule has 9 nitrogen and oxygen atoms in total. The van der Waals surface area contributed by atoms with Crippen LogP contribution in [0.3, 0.4) is 0 Å². The molecular weight excluding hydrogens is 474 g/mol. The number of benzene rings is 2. The first kappa shape index (κ1) is 28.1. The lowest BCUT2D eigenvalue weighted by Gasteiger charge is -2.29. The van der Waals surface area contributed by atoms with E-state index in [2.05, 4.69) is 0 Å². The molecule has 2 aromatic rings. The van der Waals surface area contributed by atoms with Crippen molar-refractivity contribution in [2.75, 3.05) is 26.4 Å². The number of hydroxylamine groups is 2. The van der Waals surface area contributed by atoms with Crippen LogP contribution in [-0.4, -0.2) is 60.3 Å². The largest absolute Gasteiger partial charge is 0.528 e. The minimum absolute atomic E-state index is 0.0579. The lowest BCUT2D eigenvalue weighted by atomic mass is 10.1. The molecule has 0 aliphatic heterocycles. The molecule has 0 fully saturated rings. The maximum Gasteiger partial charge on any atom is 0.528 e.